The molecule has 1 N–H and O–H groups in total. The summed E-state index contributed by atoms with van der Waals surface area (Å²) in [6.07, 6.45) is 2.37. The molecule has 1 aliphatic carbocycles. The molecule has 0 saturated heterocycles. The minimum absolute atomic E-state index is 0.108. The molecule has 5 heteroatoms. The number of carbonyl (C=O) groups excluding carboxylic acids is 1. The second-order valence-electron chi connectivity index (χ2n) is 5.47. The lowest BCUT2D eigenvalue weighted by molar-refractivity contribution is -0.150. The van der Waals surface area contributed by atoms with Crippen LogP contribution in [0, 0.1) is 11.7 Å². The van der Waals surface area contributed by atoms with E-state index in [0.717, 1.165) is 0 Å². The maximum atomic E-state index is 13.6. The van der Waals surface area contributed by atoms with E-state index >= 15 is 0 Å². The number of carbonyl (C=O) groups is 1. The maximum absolute atomic E-state index is 13.6. The molecule has 0 spiro atoms. The Labute approximate surface area is 128 Å². The third kappa shape index (κ3) is 4.45. The lowest BCUT2D eigenvalue weighted by Crippen LogP contribution is -2.38. The Kier molecular flexibility index (Phi) is 5.65. The van der Waals surface area contributed by atoms with Crippen molar-refractivity contribution in [3.05, 3.63) is 30.1 Å². The number of hydrogen-bond donors (Lipinski definition) is 1. The quantitative estimate of drug-likeness (QED) is 0.668. The third-order valence-corrected chi connectivity index (χ3v) is 5.19. The van der Waals surface area contributed by atoms with E-state index in [0.29, 0.717) is 42.9 Å². The molecule has 0 atom stereocenters. The van der Waals surface area contributed by atoms with Crippen LogP contribution in [0.3, 0.4) is 0 Å². The van der Waals surface area contributed by atoms with Crippen LogP contribution in [0.2, 0.25) is 0 Å². The molecule has 0 heterocycles. The second kappa shape index (κ2) is 7.27. The van der Waals surface area contributed by atoms with Crippen molar-refractivity contribution in [2.24, 2.45) is 5.92 Å². The average Bonchev–Trinajstić information content (AvgIpc) is 2.47. The first-order valence-electron chi connectivity index (χ1n) is 7.30. The number of esters is 1. The smallest absolute Gasteiger partial charge is 0.308 e. The summed E-state index contributed by atoms with van der Waals surface area (Å²) < 4.78 is 18.6. The molecular weight excluding hydrogens is 291 g/mol. The summed E-state index contributed by atoms with van der Waals surface area (Å²) >= 11 is 1.33. The van der Waals surface area contributed by atoms with Gasteiger partial charge in [0.1, 0.15) is 5.82 Å². The van der Waals surface area contributed by atoms with E-state index in [4.69, 9.17) is 4.74 Å². The van der Waals surface area contributed by atoms with Crippen molar-refractivity contribution in [3.63, 3.8) is 0 Å². The van der Waals surface area contributed by atoms with Gasteiger partial charge in [-0.15, -0.1) is 11.8 Å². The fourth-order valence-electron chi connectivity index (χ4n) is 2.57. The Balaban J connectivity index is 1.85. The molecule has 0 amide bonds. The summed E-state index contributed by atoms with van der Waals surface area (Å²) in [7, 11) is 0. The van der Waals surface area contributed by atoms with Gasteiger partial charge < -0.3 is 9.84 Å². The standard InChI is InChI=1S/C16H21FO3S/c1-2-20-15(18)12-7-9-16(19,10-8-12)11-21-14-6-4-3-5-13(14)17/h3-6,12,19H,2,7-11H2,1H3. The van der Waals surface area contributed by atoms with Gasteiger partial charge in [-0.2, -0.15) is 0 Å². The predicted molar refractivity (Wildman–Crippen MR) is 80.7 cm³/mol. The monoisotopic (exact) mass is 312 g/mol. The van der Waals surface area contributed by atoms with Crippen LogP contribution in [-0.2, 0) is 9.53 Å². The Bertz CT molecular complexity index is 484. The summed E-state index contributed by atoms with van der Waals surface area (Å²) in [5.74, 6) is -0.0833. The van der Waals surface area contributed by atoms with E-state index in [-0.39, 0.29) is 17.7 Å². The molecule has 0 aromatic heterocycles. The van der Waals surface area contributed by atoms with Crippen LogP contribution in [-0.4, -0.2) is 29.0 Å². The van der Waals surface area contributed by atoms with Gasteiger partial charge in [-0.1, -0.05) is 12.1 Å². The number of benzene rings is 1. The second-order valence-corrected chi connectivity index (χ2v) is 6.49. The molecular formula is C16H21FO3S. The minimum atomic E-state index is -0.823. The zero-order chi connectivity index (χ0) is 15.3. The van der Waals surface area contributed by atoms with Gasteiger partial charge in [-0.25, -0.2) is 4.39 Å². The van der Waals surface area contributed by atoms with Crippen LogP contribution < -0.4 is 0 Å². The van der Waals surface area contributed by atoms with E-state index < -0.39 is 5.60 Å². The molecule has 0 aliphatic heterocycles. The molecule has 116 valence electrons. The number of thioether (sulfide) groups is 1. The molecule has 21 heavy (non-hydrogen) atoms. The number of aliphatic hydroxyl groups is 1. The zero-order valence-electron chi connectivity index (χ0n) is 12.2. The largest absolute Gasteiger partial charge is 0.466 e. The van der Waals surface area contributed by atoms with Gasteiger partial charge >= 0.3 is 5.97 Å². The normalized spacial score (nSPS) is 25.6. The Hall–Kier alpha value is -1.07. The van der Waals surface area contributed by atoms with Crippen LogP contribution in [0.5, 0.6) is 0 Å². The fourth-order valence-corrected chi connectivity index (χ4v) is 3.66. The molecule has 0 bridgehead atoms. The number of hydrogen-bond acceptors (Lipinski definition) is 4. The zero-order valence-corrected chi connectivity index (χ0v) is 13.0. The van der Waals surface area contributed by atoms with Crippen molar-refractivity contribution < 1.29 is 19.0 Å². The third-order valence-electron chi connectivity index (χ3n) is 3.87. The molecule has 2 rings (SSSR count). The Morgan fingerprint density at radius 2 is 2.10 bits per heavy atom. The SMILES string of the molecule is CCOC(=O)C1CCC(O)(CSc2ccccc2F)CC1. The fraction of sp³-hybridized carbons (Fsp3) is 0.562. The van der Waals surface area contributed by atoms with Gasteiger partial charge in [0.05, 0.1) is 18.1 Å². The first-order chi connectivity index (χ1) is 10.0. The van der Waals surface area contributed by atoms with E-state index in [1.807, 2.05) is 0 Å². The minimum Gasteiger partial charge on any atom is -0.466 e. The summed E-state index contributed by atoms with van der Waals surface area (Å²) in [6.45, 7) is 2.19. The summed E-state index contributed by atoms with van der Waals surface area (Å²) in [6, 6.07) is 6.57. The van der Waals surface area contributed by atoms with Gasteiger partial charge in [0.15, 0.2) is 0 Å². The first kappa shape index (κ1) is 16.3. The number of halogens is 1. The van der Waals surface area contributed by atoms with Crippen LogP contribution in [0.1, 0.15) is 32.6 Å². The van der Waals surface area contributed by atoms with Gasteiger partial charge in [-0.3, -0.25) is 4.79 Å². The predicted octanol–water partition coefficient (Wildman–Crippen LogP) is 3.40. The molecule has 3 nitrogen and oxygen atoms in total. The van der Waals surface area contributed by atoms with Crippen molar-refractivity contribution >= 4 is 17.7 Å². The van der Waals surface area contributed by atoms with Crippen LogP contribution >= 0.6 is 11.8 Å². The highest BCUT2D eigenvalue weighted by atomic mass is 32.2. The molecule has 0 unspecified atom stereocenters. The summed E-state index contributed by atoms with van der Waals surface area (Å²) in [5, 5.41) is 10.6. The van der Waals surface area contributed by atoms with Crippen LogP contribution in [0.25, 0.3) is 0 Å². The lowest BCUT2D eigenvalue weighted by atomic mass is 9.80. The topological polar surface area (TPSA) is 46.5 Å². The average molecular weight is 312 g/mol. The number of rotatable bonds is 5. The van der Waals surface area contributed by atoms with Crippen LogP contribution in [0.4, 0.5) is 4.39 Å². The molecule has 0 radical (unpaired) electrons. The Morgan fingerprint density at radius 1 is 1.43 bits per heavy atom. The van der Waals surface area contributed by atoms with Crippen LogP contribution in [0.15, 0.2) is 29.2 Å². The molecule has 1 aromatic carbocycles. The van der Waals surface area contributed by atoms with E-state index in [1.54, 1.807) is 25.1 Å². The summed E-state index contributed by atoms with van der Waals surface area (Å²) in [5.41, 5.74) is -0.823. The van der Waals surface area contributed by atoms with Gasteiger partial charge in [-0.05, 0) is 44.7 Å². The maximum Gasteiger partial charge on any atom is 0.308 e. The number of ether oxygens (including phenoxy) is 1. The highest BCUT2D eigenvalue weighted by Gasteiger charge is 2.36. The van der Waals surface area contributed by atoms with E-state index in [9.17, 15) is 14.3 Å². The lowest BCUT2D eigenvalue weighted by Gasteiger charge is -2.34. The van der Waals surface area contributed by atoms with Gasteiger partial charge in [0.25, 0.3) is 0 Å². The van der Waals surface area contributed by atoms with E-state index in [1.165, 1.54) is 17.8 Å². The summed E-state index contributed by atoms with van der Waals surface area (Å²) in [4.78, 5) is 12.2. The van der Waals surface area contributed by atoms with E-state index in [2.05, 4.69) is 0 Å². The highest BCUT2D eigenvalue weighted by molar-refractivity contribution is 7.99. The highest BCUT2D eigenvalue weighted by Crippen LogP contribution is 2.37. The van der Waals surface area contributed by atoms with Crippen molar-refractivity contribution in [1.29, 1.82) is 0 Å². The van der Waals surface area contributed by atoms with Gasteiger partial charge in [0.2, 0.25) is 0 Å². The van der Waals surface area contributed by atoms with Crippen molar-refractivity contribution in [1.82, 2.24) is 0 Å². The van der Waals surface area contributed by atoms with Crippen molar-refractivity contribution in [2.45, 2.75) is 43.1 Å². The Morgan fingerprint density at radius 3 is 2.71 bits per heavy atom. The molecule has 1 saturated carbocycles. The van der Waals surface area contributed by atoms with Crippen molar-refractivity contribution in [3.8, 4) is 0 Å². The van der Waals surface area contributed by atoms with Gasteiger partial charge in [0, 0.05) is 10.6 Å². The molecule has 1 aromatic rings. The molecule has 1 fully saturated rings. The van der Waals surface area contributed by atoms with Crippen molar-refractivity contribution in [2.75, 3.05) is 12.4 Å². The molecule has 1 aliphatic rings. The first-order valence-corrected chi connectivity index (χ1v) is 8.29.